The molecule has 20 heavy (non-hydrogen) atoms. The summed E-state index contributed by atoms with van der Waals surface area (Å²) in [6, 6.07) is 8.35. The zero-order valence-corrected chi connectivity index (χ0v) is 13.0. The maximum absolute atomic E-state index is 5.84. The molecule has 1 N–H and O–H groups in total. The van der Waals surface area contributed by atoms with Crippen molar-refractivity contribution in [1.82, 2.24) is 10.2 Å². The van der Waals surface area contributed by atoms with Gasteiger partial charge in [0.15, 0.2) is 0 Å². The highest BCUT2D eigenvalue weighted by atomic mass is 35.5. The van der Waals surface area contributed by atoms with Gasteiger partial charge in [-0.25, -0.2) is 0 Å². The van der Waals surface area contributed by atoms with Crippen molar-refractivity contribution in [3.8, 4) is 0 Å². The number of hydrogen-bond acceptors (Lipinski definition) is 3. The smallest absolute Gasteiger partial charge is 0.134 e. The van der Waals surface area contributed by atoms with Crippen LogP contribution in [0.3, 0.4) is 0 Å². The summed E-state index contributed by atoms with van der Waals surface area (Å²) in [4.78, 5) is 2.55. The summed E-state index contributed by atoms with van der Waals surface area (Å²) in [7, 11) is 2.04. The fourth-order valence-electron chi connectivity index (χ4n) is 3.15. The Morgan fingerprint density at radius 1 is 1.35 bits per heavy atom. The second kappa shape index (κ2) is 6.61. The minimum Gasteiger partial charge on any atom is -0.461 e. The molecule has 1 saturated heterocycles. The maximum atomic E-state index is 5.84. The molecule has 0 radical (unpaired) electrons. The minimum atomic E-state index is 0. The molecule has 0 amide bonds. The monoisotopic (exact) mass is 294 g/mol. The number of furan rings is 1. The van der Waals surface area contributed by atoms with Crippen molar-refractivity contribution in [2.75, 3.05) is 26.7 Å². The Morgan fingerprint density at radius 2 is 2.15 bits per heavy atom. The highest BCUT2D eigenvalue weighted by molar-refractivity contribution is 5.85. The number of nitrogens with zero attached hydrogens (tertiary/aromatic N) is 1. The number of halogens is 1. The van der Waals surface area contributed by atoms with Crippen molar-refractivity contribution >= 4 is 23.4 Å². The molecule has 1 aliphatic heterocycles. The second-order valence-corrected chi connectivity index (χ2v) is 5.58. The van der Waals surface area contributed by atoms with E-state index in [1.165, 1.54) is 30.5 Å². The first-order valence-corrected chi connectivity index (χ1v) is 7.12. The van der Waals surface area contributed by atoms with Gasteiger partial charge in [0.2, 0.25) is 0 Å². The van der Waals surface area contributed by atoms with Crippen molar-refractivity contribution in [3.05, 3.63) is 35.6 Å². The molecule has 2 heterocycles. The summed E-state index contributed by atoms with van der Waals surface area (Å²) in [5.41, 5.74) is 2.38. The molecule has 1 unspecified atom stereocenters. The van der Waals surface area contributed by atoms with Crippen LogP contribution >= 0.6 is 12.4 Å². The Hall–Kier alpha value is -1.03. The average molecular weight is 295 g/mol. The number of benzene rings is 1. The van der Waals surface area contributed by atoms with E-state index in [0.29, 0.717) is 0 Å². The van der Waals surface area contributed by atoms with Crippen LogP contribution in [0.15, 0.2) is 28.7 Å². The molecule has 0 aliphatic carbocycles. The number of hydrogen-bond donors (Lipinski definition) is 1. The average Bonchev–Trinajstić information content (AvgIpc) is 2.96. The first-order chi connectivity index (χ1) is 9.28. The van der Waals surface area contributed by atoms with Gasteiger partial charge in [-0.15, -0.1) is 12.4 Å². The first-order valence-electron chi connectivity index (χ1n) is 7.12. The van der Waals surface area contributed by atoms with Gasteiger partial charge in [-0.1, -0.05) is 18.2 Å². The van der Waals surface area contributed by atoms with Gasteiger partial charge in [0.25, 0.3) is 0 Å². The zero-order valence-electron chi connectivity index (χ0n) is 12.2. The van der Waals surface area contributed by atoms with E-state index in [0.717, 1.165) is 30.4 Å². The number of fused-ring (bicyclic) bond motifs is 1. The van der Waals surface area contributed by atoms with Gasteiger partial charge in [0.1, 0.15) is 11.3 Å². The largest absolute Gasteiger partial charge is 0.461 e. The third-order valence-electron chi connectivity index (χ3n) is 4.14. The lowest BCUT2D eigenvalue weighted by molar-refractivity contribution is 0.314. The second-order valence-electron chi connectivity index (χ2n) is 5.58. The highest BCUT2D eigenvalue weighted by Gasteiger charge is 2.23. The Bertz CT molecular complexity index is 567. The molecule has 3 nitrogen and oxygen atoms in total. The molecule has 0 saturated carbocycles. The van der Waals surface area contributed by atoms with Crippen molar-refractivity contribution in [2.24, 2.45) is 5.92 Å². The third kappa shape index (κ3) is 3.00. The van der Waals surface area contributed by atoms with Crippen molar-refractivity contribution in [2.45, 2.75) is 19.9 Å². The van der Waals surface area contributed by atoms with Crippen LogP contribution in [0.25, 0.3) is 11.0 Å². The van der Waals surface area contributed by atoms with E-state index in [-0.39, 0.29) is 12.4 Å². The van der Waals surface area contributed by atoms with Gasteiger partial charge in [-0.2, -0.15) is 0 Å². The molecule has 3 rings (SSSR count). The van der Waals surface area contributed by atoms with E-state index in [2.05, 4.69) is 35.3 Å². The summed E-state index contributed by atoms with van der Waals surface area (Å²) in [6.45, 7) is 6.62. The summed E-state index contributed by atoms with van der Waals surface area (Å²) in [5, 5.41) is 4.56. The Morgan fingerprint density at radius 3 is 2.95 bits per heavy atom. The number of rotatable bonds is 4. The van der Waals surface area contributed by atoms with Crippen LogP contribution < -0.4 is 5.32 Å². The molecule has 1 aromatic carbocycles. The summed E-state index contributed by atoms with van der Waals surface area (Å²) < 4.78 is 5.84. The number of para-hydroxylation sites is 1. The Labute approximate surface area is 126 Å². The van der Waals surface area contributed by atoms with E-state index in [4.69, 9.17) is 4.42 Å². The SMILES string of the molecule is CNCC1CCN(Cc2c(C)oc3ccccc23)C1.Cl. The van der Waals surface area contributed by atoms with Crippen molar-refractivity contribution in [1.29, 1.82) is 0 Å². The van der Waals surface area contributed by atoms with E-state index in [9.17, 15) is 0 Å². The molecule has 1 aromatic heterocycles. The number of nitrogens with one attached hydrogen (secondary N) is 1. The normalized spacial score (nSPS) is 19.4. The van der Waals surface area contributed by atoms with Crippen LogP contribution in [0, 0.1) is 12.8 Å². The maximum Gasteiger partial charge on any atom is 0.134 e. The van der Waals surface area contributed by atoms with Crippen LogP contribution in [0.1, 0.15) is 17.7 Å². The molecule has 1 fully saturated rings. The van der Waals surface area contributed by atoms with Crippen molar-refractivity contribution < 1.29 is 4.42 Å². The molecule has 0 spiro atoms. The first kappa shape index (κ1) is 15.4. The lowest BCUT2D eigenvalue weighted by Crippen LogP contribution is -2.24. The predicted octanol–water partition coefficient (Wildman–Crippen LogP) is 3.20. The fraction of sp³-hybridized carbons (Fsp3) is 0.500. The quantitative estimate of drug-likeness (QED) is 0.939. The molecule has 1 aliphatic rings. The van der Waals surface area contributed by atoms with E-state index >= 15 is 0 Å². The Kier molecular flexibility index (Phi) is 5.08. The van der Waals surface area contributed by atoms with Crippen LogP contribution in [0.2, 0.25) is 0 Å². The zero-order chi connectivity index (χ0) is 13.2. The lowest BCUT2D eigenvalue weighted by Gasteiger charge is -2.15. The highest BCUT2D eigenvalue weighted by Crippen LogP contribution is 2.28. The van der Waals surface area contributed by atoms with Crippen LogP contribution in [0.5, 0.6) is 0 Å². The van der Waals surface area contributed by atoms with E-state index < -0.39 is 0 Å². The molecule has 1 atom stereocenters. The van der Waals surface area contributed by atoms with Gasteiger partial charge in [-0.05, 0) is 45.5 Å². The van der Waals surface area contributed by atoms with E-state index in [1.54, 1.807) is 0 Å². The van der Waals surface area contributed by atoms with Gasteiger partial charge in [-0.3, -0.25) is 4.90 Å². The molecule has 110 valence electrons. The topological polar surface area (TPSA) is 28.4 Å². The molecule has 2 aromatic rings. The van der Waals surface area contributed by atoms with Crippen LogP contribution in [0.4, 0.5) is 0 Å². The number of likely N-dealkylation sites (tertiary alicyclic amines) is 1. The van der Waals surface area contributed by atoms with Crippen LogP contribution in [-0.2, 0) is 6.54 Å². The molecular weight excluding hydrogens is 272 g/mol. The number of aryl methyl sites for hydroxylation is 1. The van der Waals surface area contributed by atoms with Gasteiger partial charge < -0.3 is 9.73 Å². The van der Waals surface area contributed by atoms with Gasteiger partial charge in [0.05, 0.1) is 0 Å². The van der Waals surface area contributed by atoms with Crippen LogP contribution in [-0.4, -0.2) is 31.6 Å². The van der Waals surface area contributed by atoms with Gasteiger partial charge in [0, 0.05) is 24.0 Å². The predicted molar refractivity (Wildman–Crippen MR) is 85.5 cm³/mol. The minimum absolute atomic E-state index is 0. The summed E-state index contributed by atoms with van der Waals surface area (Å²) >= 11 is 0. The molecular formula is C16H23ClN2O. The van der Waals surface area contributed by atoms with E-state index in [1.807, 2.05) is 13.1 Å². The standard InChI is InChI=1S/C16H22N2O.ClH/c1-12-15(14-5-3-4-6-16(14)19-12)11-18-8-7-13(10-18)9-17-2;/h3-6,13,17H,7-11H2,1-2H3;1H. The molecule has 0 bridgehead atoms. The van der Waals surface area contributed by atoms with Gasteiger partial charge >= 0.3 is 0 Å². The summed E-state index contributed by atoms with van der Waals surface area (Å²) in [5.74, 6) is 1.86. The lowest BCUT2D eigenvalue weighted by atomic mass is 10.1. The fourth-order valence-corrected chi connectivity index (χ4v) is 3.15. The molecule has 4 heteroatoms. The third-order valence-corrected chi connectivity index (χ3v) is 4.14. The Balaban J connectivity index is 0.00000147. The summed E-state index contributed by atoms with van der Waals surface area (Å²) in [6.07, 6.45) is 1.30. The van der Waals surface area contributed by atoms with Crippen molar-refractivity contribution in [3.63, 3.8) is 0 Å².